The Morgan fingerprint density at radius 1 is 1.16 bits per heavy atom. The number of carbonyl (C=O) groups excluding carboxylic acids is 1. The second-order valence-corrected chi connectivity index (χ2v) is 12.5. The summed E-state index contributed by atoms with van der Waals surface area (Å²) in [7, 11) is 0. The molecular weight excluding hydrogens is 637 g/mol. The van der Waals surface area contributed by atoms with Crippen LogP contribution in [0.1, 0.15) is 59.3 Å². The van der Waals surface area contributed by atoms with E-state index in [9.17, 15) is 22.8 Å². The van der Waals surface area contributed by atoms with Crippen LogP contribution in [0.4, 0.5) is 13.2 Å². The Labute approximate surface area is 259 Å². The first-order valence-electron chi connectivity index (χ1n) is 14.3. The summed E-state index contributed by atoms with van der Waals surface area (Å²) in [5.41, 5.74) is 3.74. The molecule has 0 spiro atoms. The molecule has 1 atom stereocenters. The Kier molecular flexibility index (Phi) is 7.51. The van der Waals surface area contributed by atoms with Crippen molar-refractivity contribution in [3.8, 4) is 16.9 Å². The Bertz CT molecular complexity index is 1960. The van der Waals surface area contributed by atoms with Crippen LogP contribution >= 0.6 is 15.9 Å². The van der Waals surface area contributed by atoms with Gasteiger partial charge in [0.05, 0.1) is 35.4 Å². The molecule has 2 aromatic carbocycles. The number of aryl methyl sites for hydroxylation is 1. The number of hydrogen-bond donors (Lipinski definition) is 1. The van der Waals surface area contributed by atoms with Crippen molar-refractivity contribution in [3.05, 3.63) is 103 Å². The zero-order valence-corrected chi connectivity index (χ0v) is 26.1. The van der Waals surface area contributed by atoms with E-state index in [-0.39, 0.29) is 34.5 Å². The summed E-state index contributed by atoms with van der Waals surface area (Å²) in [4.78, 5) is 37.0. The highest BCUT2D eigenvalue weighted by Gasteiger charge is 2.36. The maximum Gasteiger partial charge on any atom is 0.417 e. The zero-order valence-electron chi connectivity index (χ0n) is 24.5. The molecule has 1 unspecified atom stereocenters. The molecule has 1 aliphatic rings. The van der Waals surface area contributed by atoms with Crippen LogP contribution in [0.3, 0.4) is 0 Å². The molecule has 1 N–H and O–H groups in total. The summed E-state index contributed by atoms with van der Waals surface area (Å²) >= 11 is 2.94. The highest BCUT2D eigenvalue weighted by atomic mass is 79.9. The van der Waals surface area contributed by atoms with Crippen molar-refractivity contribution in [2.24, 2.45) is 5.92 Å². The lowest BCUT2D eigenvalue weighted by Gasteiger charge is -2.35. The maximum atomic E-state index is 14.3. The summed E-state index contributed by atoms with van der Waals surface area (Å²) < 4.78 is 44.1. The van der Waals surface area contributed by atoms with E-state index in [1.54, 1.807) is 22.2 Å². The molecule has 3 aromatic heterocycles. The summed E-state index contributed by atoms with van der Waals surface area (Å²) in [5.74, 6) is 0.542. The number of nitrogens with one attached hydrogen (secondary N) is 1. The van der Waals surface area contributed by atoms with Crippen LogP contribution in [-0.2, 0) is 25.6 Å². The molecule has 0 fully saturated rings. The summed E-state index contributed by atoms with van der Waals surface area (Å²) in [6.45, 7) is 7.87. The summed E-state index contributed by atoms with van der Waals surface area (Å²) in [5, 5.41) is 4.68. The van der Waals surface area contributed by atoms with Crippen molar-refractivity contribution in [3.63, 3.8) is 0 Å². The maximum absolute atomic E-state index is 14.3. The minimum atomic E-state index is -4.62. The third-order valence-corrected chi connectivity index (χ3v) is 8.67. The summed E-state index contributed by atoms with van der Waals surface area (Å²) in [6.07, 6.45) is -0.143. The van der Waals surface area contributed by atoms with Crippen molar-refractivity contribution in [2.75, 3.05) is 0 Å². The normalized spacial score (nSPS) is 15.3. The molecule has 1 aliphatic heterocycles. The largest absolute Gasteiger partial charge is 0.417 e. The Morgan fingerprint density at radius 2 is 1.89 bits per heavy atom. The number of nitrogens with zero attached hydrogens (tertiary/aromatic N) is 5. The number of aromatic nitrogens is 5. The number of carbonyl (C=O) groups is 1. The molecule has 4 heterocycles. The third-order valence-electron chi connectivity index (χ3n) is 7.98. The Hall–Kier alpha value is -4.19. The fraction of sp³-hybridized carbons (Fsp3) is 0.312. The van der Waals surface area contributed by atoms with Gasteiger partial charge in [0, 0.05) is 39.0 Å². The van der Waals surface area contributed by atoms with Gasteiger partial charge in [-0.2, -0.15) is 18.3 Å². The van der Waals surface area contributed by atoms with Gasteiger partial charge in [0.25, 0.3) is 11.5 Å². The van der Waals surface area contributed by atoms with Gasteiger partial charge in [0.1, 0.15) is 11.5 Å². The van der Waals surface area contributed by atoms with Crippen molar-refractivity contribution in [1.29, 1.82) is 0 Å². The van der Waals surface area contributed by atoms with Crippen molar-refractivity contribution in [2.45, 2.75) is 59.3 Å². The van der Waals surface area contributed by atoms with E-state index >= 15 is 0 Å². The number of rotatable bonds is 5. The number of benzene rings is 2. The number of amides is 1. The molecule has 8 nitrogen and oxygen atoms in total. The van der Waals surface area contributed by atoms with Gasteiger partial charge < -0.3 is 9.88 Å². The highest BCUT2D eigenvalue weighted by molar-refractivity contribution is 9.10. The molecule has 0 aliphatic carbocycles. The van der Waals surface area contributed by atoms with E-state index in [1.165, 1.54) is 17.0 Å². The first-order chi connectivity index (χ1) is 20.8. The van der Waals surface area contributed by atoms with Crippen LogP contribution in [0.2, 0.25) is 0 Å². The van der Waals surface area contributed by atoms with Crippen LogP contribution in [0, 0.1) is 12.8 Å². The smallest absolute Gasteiger partial charge is 0.348 e. The second-order valence-electron chi connectivity index (χ2n) is 11.7. The van der Waals surface area contributed by atoms with E-state index in [2.05, 4.69) is 44.8 Å². The number of alkyl halides is 3. The van der Waals surface area contributed by atoms with Gasteiger partial charge in [0.15, 0.2) is 0 Å². The van der Waals surface area contributed by atoms with Crippen LogP contribution in [0.5, 0.6) is 0 Å². The number of fused-ring (bicyclic) bond motifs is 3. The fourth-order valence-corrected chi connectivity index (χ4v) is 6.34. The van der Waals surface area contributed by atoms with Gasteiger partial charge in [-0.15, -0.1) is 0 Å². The fourth-order valence-electron chi connectivity index (χ4n) is 5.87. The first kappa shape index (κ1) is 29.9. The molecule has 12 heteroatoms. The van der Waals surface area contributed by atoms with Crippen LogP contribution in [0.25, 0.3) is 22.6 Å². The van der Waals surface area contributed by atoms with E-state index in [0.717, 1.165) is 28.7 Å². The molecule has 0 bridgehead atoms. The van der Waals surface area contributed by atoms with Gasteiger partial charge in [-0.1, -0.05) is 41.9 Å². The molecule has 0 saturated heterocycles. The molecule has 6 rings (SSSR count). The number of imidazole rings is 1. The van der Waals surface area contributed by atoms with Crippen LogP contribution in [0.15, 0.2) is 64.1 Å². The van der Waals surface area contributed by atoms with Crippen LogP contribution in [-0.4, -0.2) is 41.0 Å². The van der Waals surface area contributed by atoms with Gasteiger partial charge in [0.2, 0.25) is 0 Å². The molecule has 0 saturated carbocycles. The molecular formula is C32H30BrF3N6O2. The number of H-pyrrole nitrogens is 1. The van der Waals surface area contributed by atoms with Gasteiger partial charge in [-0.3, -0.25) is 14.2 Å². The standard InChI is InChI=1S/C32H30BrF3N6O2/c1-17(2)11-22-14-38-42-28-16-40(30(43)21-7-10-26(33)25(13-21)32(34,35)36)18(3)12-24(28)31(44)41(29(22)42)23-8-5-20(6-9-23)27-15-37-19(4)39-27/h5-10,13-15,17-18H,11-12,16H2,1-4H3,(H,37,39). The average molecular weight is 668 g/mol. The molecule has 44 heavy (non-hydrogen) atoms. The predicted octanol–water partition coefficient (Wildman–Crippen LogP) is 6.75. The minimum Gasteiger partial charge on any atom is -0.348 e. The van der Waals surface area contributed by atoms with E-state index in [4.69, 9.17) is 0 Å². The summed E-state index contributed by atoms with van der Waals surface area (Å²) in [6, 6.07) is 10.6. The lowest BCUT2D eigenvalue weighted by Crippen LogP contribution is -2.46. The monoisotopic (exact) mass is 666 g/mol. The van der Waals surface area contributed by atoms with Crippen molar-refractivity contribution in [1.82, 2.24) is 29.0 Å². The molecule has 0 radical (unpaired) electrons. The Balaban J connectivity index is 1.46. The quantitative estimate of drug-likeness (QED) is 0.225. The molecule has 5 aromatic rings. The topological polar surface area (TPSA) is 88.3 Å². The van der Waals surface area contributed by atoms with E-state index in [0.29, 0.717) is 29.0 Å². The average Bonchev–Trinajstić information content (AvgIpc) is 3.59. The minimum absolute atomic E-state index is 0.0274. The van der Waals surface area contributed by atoms with Crippen LogP contribution < -0.4 is 5.56 Å². The number of aromatic amines is 1. The third kappa shape index (κ3) is 5.25. The lowest BCUT2D eigenvalue weighted by atomic mass is 9.97. The molecule has 228 valence electrons. The van der Waals surface area contributed by atoms with Crippen molar-refractivity contribution >= 4 is 27.5 Å². The SMILES string of the molecule is Cc1nc(-c2ccc(-n3c(=O)c4c(n5ncc(CC(C)C)c35)CN(C(=O)c3ccc(Br)c(C(F)(F)F)c3)C(C)C4)cc2)c[nH]1. The van der Waals surface area contributed by atoms with E-state index < -0.39 is 23.7 Å². The van der Waals surface area contributed by atoms with Gasteiger partial charge in [-0.05, 0) is 62.9 Å². The van der Waals surface area contributed by atoms with Crippen molar-refractivity contribution < 1.29 is 18.0 Å². The number of halogens is 4. The Morgan fingerprint density at radius 3 is 2.52 bits per heavy atom. The number of hydrogen-bond acceptors (Lipinski definition) is 4. The first-order valence-corrected chi connectivity index (χ1v) is 15.1. The highest BCUT2D eigenvalue weighted by Crippen LogP contribution is 2.36. The predicted molar refractivity (Wildman–Crippen MR) is 164 cm³/mol. The van der Waals surface area contributed by atoms with Gasteiger partial charge in [-0.25, -0.2) is 9.50 Å². The van der Waals surface area contributed by atoms with E-state index in [1.807, 2.05) is 37.4 Å². The molecule has 1 amide bonds. The van der Waals surface area contributed by atoms with Gasteiger partial charge >= 0.3 is 6.18 Å². The second kappa shape index (κ2) is 11.1. The zero-order chi connectivity index (χ0) is 31.5. The lowest BCUT2D eigenvalue weighted by molar-refractivity contribution is -0.138.